The largest absolute Gasteiger partial charge is 0.313 e. The maximum Gasteiger partial charge on any atom is 0.148 e. The lowest BCUT2D eigenvalue weighted by Crippen LogP contribution is -2.26. The van der Waals surface area contributed by atoms with Crippen LogP contribution in [0.2, 0.25) is 0 Å². The van der Waals surface area contributed by atoms with Gasteiger partial charge in [-0.25, -0.2) is 5.84 Å². The van der Waals surface area contributed by atoms with E-state index in [9.17, 15) is 0 Å². The van der Waals surface area contributed by atoms with Gasteiger partial charge in [0, 0.05) is 24.6 Å². The molecule has 1 fully saturated rings. The van der Waals surface area contributed by atoms with Gasteiger partial charge in [0.15, 0.2) is 0 Å². The predicted octanol–water partition coefficient (Wildman–Crippen LogP) is 1.84. The Labute approximate surface area is 107 Å². The van der Waals surface area contributed by atoms with E-state index >= 15 is 0 Å². The molecule has 5 nitrogen and oxygen atoms in total. The van der Waals surface area contributed by atoms with Crippen LogP contribution in [0.1, 0.15) is 38.8 Å². The van der Waals surface area contributed by atoms with Gasteiger partial charge in [-0.15, -0.1) is 5.10 Å². The van der Waals surface area contributed by atoms with Crippen LogP contribution < -0.4 is 11.3 Å². The molecule has 1 saturated heterocycles. The third kappa shape index (κ3) is 2.59. The van der Waals surface area contributed by atoms with E-state index in [2.05, 4.69) is 33.8 Å². The Morgan fingerprint density at radius 3 is 2.82 bits per heavy atom. The van der Waals surface area contributed by atoms with Crippen LogP contribution in [-0.2, 0) is 6.54 Å². The summed E-state index contributed by atoms with van der Waals surface area (Å²) in [6, 6.07) is 0. The summed E-state index contributed by atoms with van der Waals surface area (Å²) in [5, 5.41) is 5.02. The van der Waals surface area contributed by atoms with Gasteiger partial charge in [-0.2, -0.15) is 0 Å². The zero-order chi connectivity index (χ0) is 12.3. The van der Waals surface area contributed by atoms with Crippen molar-refractivity contribution >= 4 is 16.5 Å². The number of hydrogen-bond acceptors (Lipinski definition) is 6. The first kappa shape index (κ1) is 12.7. The summed E-state index contributed by atoms with van der Waals surface area (Å²) in [7, 11) is 0. The van der Waals surface area contributed by atoms with Crippen molar-refractivity contribution in [3.63, 3.8) is 0 Å². The van der Waals surface area contributed by atoms with Crippen molar-refractivity contribution in [2.45, 2.75) is 39.7 Å². The molecule has 0 radical (unpaired) electrons. The molecular formula is C11H21N5S. The van der Waals surface area contributed by atoms with Gasteiger partial charge in [0.25, 0.3) is 0 Å². The van der Waals surface area contributed by atoms with Crippen LogP contribution >= 0.6 is 11.5 Å². The number of nitrogen functional groups attached to an aromatic ring is 1. The molecule has 6 heteroatoms. The molecule has 0 spiro atoms. The molecule has 1 aromatic rings. The van der Waals surface area contributed by atoms with E-state index in [1.807, 2.05) is 0 Å². The second-order valence-electron chi connectivity index (χ2n) is 4.86. The van der Waals surface area contributed by atoms with Crippen molar-refractivity contribution in [1.29, 1.82) is 0 Å². The summed E-state index contributed by atoms with van der Waals surface area (Å²) in [5.41, 5.74) is 4.15. The summed E-state index contributed by atoms with van der Waals surface area (Å²) in [5.74, 6) is 5.44. The van der Waals surface area contributed by atoms with Crippen molar-refractivity contribution in [1.82, 2.24) is 14.5 Å². The quantitative estimate of drug-likeness (QED) is 0.621. The van der Waals surface area contributed by atoms with Crippen LogP contribution in [-0.4, -0.2) is 27.6 Å². The van der Waals surface area contributed by atoms with Crippen molar-refractivity contribution < 1.29 is 0 Å². The van der Waals surface area contributed by atoms with Crippen molar-refractivity contribution in [2.75, 3.05) is 18.5 Å². The second-order valence-corrected chi connectivity index (χ2v) is 5.61. The van der Waals surface area contributed by atoms with Gasteiger partial charge >= 0.3 is 0 Å². The number of hydrazine groups is 1. The smallest absolute Gasteiger partial charge is 0.148 e. The summed E-state index contributed by atoms with van der Waals surface area (Å²) < 4.78 is 3.93. The Kier molecular flexibility index (Phi) is 3.96. The third-order valence-corrected chi connectivity index (χ3v) is 4.78. The minimum atomic E-state index is 0.514. The molecule has 2 rings (SSSR count). The van der Waals surface area contributed by atoms with Gasteiger partial charge in [-0.3, -0.25) is 4.90 Å². The SMILES string of the molecule is CCC1(CC)CCN(Cc2nnsc2NN)C1. The van der Waals surface area contributed by atoms with Crippen molar-refractivity contribution in [2.24, 2.45) is 11.3 Å². The third-order valence-electron chi connectivity index (χ3n) is 4.08. The van der Waals surface area contributed by atoms with Crippen LogP contribution in [0.5, 0.6) is 0 Å². The molecule has 0 atom stereocenters. The topological polar surface area (TPSA) is 67.1 Å². The summed E-state index contributed by atoms with van der Waals surface area (Å²) in [6.45, 7) is 7.77. The Hall–Kier alpha value is -0.720. The fraction of sp³-hybridized carbons (Fsp3) is 0.818. The summed E-state index contributed by atoms with van der Waals surface area (Å²) >= 11 is 1.32. The molecule has 2 heterocycles. The van der Waals surface area contributed by atoms with Gasteiger partial charge in [0.2, 0.25) is 0 Å². The first-order valence-electron chi connectivity index (χ1n) is 6.23. The fourth-order valence-corrected chi connectivity index (χ4v) is 3.11. The molecular weight excluding hydrogens is 234 g/mol. The van der Waals surface area contributed by atoms with Crippen LogP contribution in [0.25, 0.3) is 0 Å². The van der Waals surface area contributed by atoms with E-state index in [0.717, 1.165) is 23.8 Å². The molecule has 3 N–H and O–H groups in total. The summed E-state index contributed by atoms with van der Waals surface area (Å²) in [4.78, 5) is 2.46. The Morgan fingerprint density at radius 1 is 1.47 bits per heavy atom. The Bertz CT molecular complexity index is 360. The maximum absolute atomic E-state index is 5.44. The van der Waals surface area contributed by atoms with E-state index in [4.69, 9.17) is 5.84 Å². The van der Waals surface area contributed by atoms with E-state index in [1.165, 1.54) is 37.3 Å². The molecule has 1 aliphatic heterocycles. The van der Waals surface area contributed by atoms with Gasteiger partial charge in [-0.1, -0.05) is 18.3 Å². The standard InChI is InChI=1S/C11H21N5S/c1-3-11(4-2)5-6-16(8-11)7-9-10(13-12)17-15-14-9/h13H,3-8,12H2,1-2H3. The highest BCUT2D eigenvalue weighted by Crippen LogP contribution is 2.37. The lowest BCUT2D eigenvalue weighted by atomic mass is 9.82. The van der Waals surface area contributed by atoms with Gasteiger partial charge in [-0.05, 0) is 31.2 Å². The average molecular weight is 255 g/mol. The summed E-state index contributed by atoms with van der Waals surface area (Å²) in [6.07, 6.45) is 3.82. The minimum Gasteiger partial charge on any atom is -0.313 e. The molecule has 96 valence electrons. The number of aromatic nitrogens is 2. The molecule has 0 saturated carbocycles. The number of nitrogens with one attached hydrogen (secondary N) is 1. The lowest BCUT2D eigenvalue weighted by molar-refractivity contribution is 0.235. The second kappa shape index (κ2) is 5.29. The maximum atomic E-state index is 5.44. The Balaban J connectivity index is 1.98. The highest BCUT2D eigenvalue weighted by Gasteiger charge is 2.35. The van der Waals surface area contributed by atoms with E-state index < -0.39 is 0 Å². The van der Waals surface area contributed by atoms with Crippen LogP contribution in [0.15, 0.2) is 0 Å². The predicted molar refractivity (Wildman–Crippen MR) is 70.6 cm³/mol. The molecule has 0 aromatic carbocycles. The number of nitrogens with zero attached hydrogens (tertiary/aromatic N) is 3. The number of hydrogen-bond donors (Lipinski definition) is 2. The van der Waals surface area contributed by atoms with Gasteiger partial charge in [0.05, 0.1) is 0 Å². The monoisotopic (exact) mass is 255 g/mol. The molecule has 1 aliphatic rings. The number of rotatable bonds is 5. The zero-order valence-electron chi connectivity index (χ0n) is 10.6. The molecule has 0 aliphatic carbocycles. The van der Waals surface area contributed by atoms with E-state index in [-0.39, 0.29) is 0 Å². The first-order valence-corrected chi connectivity index (χ1v) is 7.00. The zero-order valence-corrected chi connectivity index (χ0v) is 11.4. The normalized spacial score (nSPS) is 19.7. The van der Waals surface area contributed by atoms with Crippen LogP contribution in [0.3, 0.4) is 0 Å². The number of anilines is 1. The van der Waals surface area contributed by atoms with E-state index in [0.29, 0.717) is 5.41 Å². The number of nitrogens with two attached hydrogens (primary N) is 1. The van der Waals surface area contributed by atoms with Crippen molar-refractivity contribution in [3.05, 3.63) is 5.69 Å². The van der Waals surface area contributed by atoms with Crippen LogP contribution in [0.4, 0.5) is 5.00 Å². The molecule has 0 amide bonds. The van der Waals surface area contributed by atoms with Crippen molar-refractivity contribution in [3.8, 4) is 0 Å². The van der Waals surface area contributed by atoms with Gasteiger partial charge in [0.1, 0.15) is 10.7 Å². The van der Waals surface area contributed by atoms with E-state index in [1.54, 1.807) is 0 Å². The molecule has 17 heavy (non-hydrogen) atoms. The average Bonchev–Trinajstić information content (AvgIpc) is 2.97. The Morgan fingerprint density at radius 2 is 2.24 bits per heavy atom. The molecule has 0 unspecified atom stereocenters. The lowest BCUT2D eigenvalue weighted by Gasteiger charge is -2.26. The number of likely N-dealkylation sites (tertiary alicyclic amines) is 1. The molecule has 0 bridgehead atoms. The first-order chi connectivity index (χ1) is 8.23. The highest BCUT2D eigenvalue weighted by molar-refractivity contribution is 7.10. The minimum absolute atomic E-state index is 0.514. The highest BCUT2D eigenvalue weighted by atomic mass is 32.1. The van der Waals surface area contributed by atoms with Gasteiger partial charge < -0.3 is 5.43 Å². The van der Waals surface area contributed by atoms with Crippen LogP contribution in [0, 0.1) is 5.41 Å². The molecule has 1 aromatic heterocycles. The fourth-order valence-electron chi connectivity index (χ4n) is 2.62.